The molecular formula is C16H18N2O2. The Morgan fingerprint density at radius 3 is 2.45 bits per heavy atom. The van der Waals surface area contributed by atoms with Crippen LogP contribution >= 0.6 is 0 Å². The number of ketones is 1. The van der Waals surface area contributed by atoms with Gasteiger partial charge in [0.2, 0.25) is 0 Å². The highest BCUT2D eigenvalue weighted by Crippen LogP contribution is 2.24. The molecule has 0 amide bonds. The third-order valence-electron chi connectivity index (χ3n) is 3.09. The van der Waals surface area contributed by atoms with E-state index < -0.39 is 0 Å². The number of carbonyl (C=O) groups is 1. The van der Waals surface area contributed by atoms with E-state index >= 15 is 0 Å². The molecule has 0 unspecified atom stereocenters. The quantitative estimate of drug-likeness (QED) is 0.577. The minimum absolute atomic E-state index is 0.00314. The van der Waals surface area contributed by atoms with Gasteiger partial charge in [-0.05, 0) is 49.2 Å². The Kier molecular flexibility index (Phi) is 4.38. The van der Waals surface area contributed by atoms with Crippen molar-refractivity contribution in [2.45, 2.75) is 13.3 Å². The lowest BCUT2D eigenvalue weighted by Gasteiger charge is -2.11. The van der Waals surface area contributed by atoms with Crippen LogP contribution in [0.4, 0.5) is 17.1 Å². The summed E-state index contributed by atoms with van der Waals surface area (Å²) in [6, 6.07) is 13.0. The topological polar surface area (TPSA) is 75.3 Å². The van der Waals surface area contributed by atoms with Gasteiger partial charge in [-0.25, -0.2) is 0 Å². The van der Waals surface area contributed by atoms with Gasteiger partial charge in [0.25, 0.3) is 0 Å². The van der Waals surface area contributed by atoms with Gasteiger partial charge in [0, 0.05) is 17.9 Å². The fourth-order valence-corrected chi connectivity index (χ4v) is 1.93. The average Bonchev–Trinajstić information content (AvgIpc) is 2.43. The van der Waals surface area contributed by atoms with Crippen LogP contribution in [0.15, 0.2) is 42.5 Å². The molecule has 4 heteroatoms. The summed E-state index contributed by atoms with van der Waals surface area (Å²) in [6.45, 7) is 1.66. The van der Waals surface area contributed by atoms with Crippen molar-refractivity contribution >= 4 is 22.8 Å². The van der Waals surface area contributed by atoms with Gasteiger partial charge in [-0.3, -0.25) is 4.79 Å². The maximum atomic E-state index is 11.3. The smallest absolute Gasteiger partial charge is 0.159 e. The lowest BCUT2D eigenvalue weighted by atomic mass is 10.1. The molecule has 104 valence electrons. The number of rotatable bonds is 5. The lowest BCUT2D eigenvalue weighted by molar-refractivity contribution is 0.101. The summed E-state index contributed by atoms with van der Waals surface area (Å²) in [5.41, 5.74) is 9.84. The van der Waals surface area contributed by atoms with Crippen molar-refractivity contribution in [3.8, 4) is 0 Å². The molecule has 0 fully saturated rings. The van der Waals surface area contributed by atoms with Crippen LogP contribution in [-0.4, -0.2) is 17.5 Å². The molecule has 0 aromatic heterocycles. The Balaban J connectivity index is 2.15. The standard InChI is InChI=1S/C16H18N2O2/c1-11(20)13-4-7-16(15(17)10-13)18-14-5-2-12(3-6-14)8-9-19/h2-7,10,18-19H,8-9,17H2,1H3. The summed E-state index contributed by atoms with van der Waals surface area (Å²) in [5, 5.41) is 12.1. The maximum absolute atomic E-state index is 11.3. The van der Waals surface area contributed by atoms with Crippen LogP contribution in [0.5, 0.6) is 0 Å². The summed E-state index contributed by atoms with van der Waals surface area (Å²) >= 11 is 0. The molecule has 0 saturated heterocycles. The van der Waals surface area contributed by atoms with Crippen LogP contribution in [0, 0.1) is 0 Å². The molecule has 0 atom stereocenters. The van der Waals surface area contributed by atoms with Crippen LogP contribution in [0.2, 0.25) is 0 Å². The van der Waals surface area contributed by atoms with Gasteiger partial charge in [-0.15, -0.1) is 0 Å². The van der Waals surface area contributed by atoms with E-state index in [0.717, 1.165) is 16.9 Å². The Hall–Kier alpha value is -2.33. The minimum Gasteiger partial charge on any atom is -0.397 e. The van der Waals surface area contributed by atoms with Gasteiger partial charge in [0.1, 0.15) is 0 Å². The number of nitrogens with two attached hydrogens (primary N) is 1. The van der Waals surface area contributed by atoms with Gasteiger partial charge in [-0.1, -0.05) is 12.1 Å². The van der Waals surface area contributed by atoms with Crippen molar-refractivity contribution in [3.63, 3.8) is 0 Å². The summed E-state index contributed by atoms with van der Waals surface area (Å²) < 4.78 is 0. The number of anilines is 3. The molecule has 4 nitrogen and oxygen atoms in total. The molecule has 2 rings (SSSR count). The molecule has 4 N–H and O–H groups in total. The average molecular weight is 270 g/mol. The predicted molar refractivity (Wildman–Crippen MR) is 81.4 cm³/mol. The number of aliphatic hydroxyl groups is 1. The highest BCUT2D eigenvalue weighted by atomic mass is 16.2. The number of hydrogen-bond acceptors (Lipinski definition) is 4. The summed E-state index contributed by atoms with van der Waals surface area (Å²) in [6.07, 6.45) is 0.649. The van der Waals surface area contributed by atoms with Crippen molar-refractivity contribution in [2.24, 2.45) is 0 Å². The summed E-state index contributed by atoms with van der Waals surface area (Å²) in [4.78, 5) is 11.3. The Morgan fingerprint density at radius 2 is 1.90 bits per heavy atom. The number of benzene rings is 2. The zero-order valence-corrected chi connectivity index (χ0v) is 11.4. The zero-order chi connectivity index (χ0) is 14.5. The third kappa shape index (κ3) is 3.36. The molecule has 0 aliphatic heterocycles. The van der Waals surface area contributed by atoms with E-state index in [1.54, 1.807) is 18.2 Å². The number of nitrogens with one attached hydrogen (secondary N) is 1. The normalized spacial score (nSPS) is 10.3. The van der Waals surface area contributed by atoms with E-state index in [2.05, 4.69) is 5.32 Å². The molecule has 0 aliphatic rings. The van der Waals surface area contributed by atoms with Crippen LogP contribution < -0.4 is 11.1 Å². The zero-order valence-electron chi connectivity index (χ0n) is 11.4. The summed E-state index contributed by atoms with van der Waals surface area (Å²) in [5.74, 6) is -0.00314. The SMILES string of the molecule is CC(=O)c1ccc(Nc2ccc(CCO)cc2)c(N)c1. The van der Waals surface area contributed by atoms with Crippen molar-refractivity contribution in [1.82, 2.24) is 0 Å². The van der Waals surface area contributed by atoms with E-state index in [1.807, 2.05) is 24.3 Å². The van der Waals surface area contributed by atoms with Gasteiger partial charge in [0.15, 0.2) is 5.78 Å². The second-order valence-corrected chi connectivity index (χ2v) is 4.65. The van der Waals surface area contributed by atoms with Crippen LogP contribution in [0.1, 0.15) is 22.8 Å². The number of carbonyl (C=O) groups excluding carboxylic acids is 1. The molecule has 2 aromatic rings. The highest BCUT2D eigenvalue weighted by Gasteiger charge is 2.04. The number of hydrogen-bond donors (Lipinski definition) is 3. The van der Waals surface area contributed by atoms with Gasteiger partial charge >= 0.3 is 0 Å². The Bertz CT molecular complexity index is 606. The molecule has 20 heavy (non-hydrogen) atoms. The second kappa shape index (κ2) is 6.21. The first kappa shape index (κ1) is 14.1. The van der Waals surface area contributed by atoms with E-state index in [4.69, 9.17) is 10.8 Å². The third-order valence-corrected chi connectivity index (χ3v) is 3.09. The second-order valence-electron chi connectivity index (χ2n) is 4.65. The molecule has 2 aromatic carbocycles. The molecule has 0 heterocycles. The molecule has 0 saturated carbocycles. The van der Waals surface area contributed by atoms with Crippen molar-refractivity contribution < 1.29 is 9.90 Å². The molecule has 0 radical (unpaired) electrons. The number of Topliss-reactive ketones (excluding diaryl/α,β-unsaturated/α-hetero) is 1. The van der Waals surface area contributed by atoms with Crippen molar-refractivity contribution in [2.75, 3.05) is 17.7 Å². The van der Waals surface area contributed by atoms with Crippen LogP contribution in [-0.2, 0) is 6.42 Å². The van der Waals surface area contributed by atoms with Gasteiger partial charge in [0.05, 0.1) is 11.4 Å². The Labute approximate surface area is 118 Å². The van der Waals surface area contributed by atoms with Crippen LogP contribution in [0.3, 0.4) is 0 Å². The molecule has 0 aliphatic carbocycles. The van der Waals surface area contributed by atoms with Gasteiger partial charge < -0.3 is 16.2 Å². The first-order valence-corrected chi connectivity index (χ1v) is 6.47. The predicted octanol–water partition coefficient (Wildman–Crippen LogP) is 2.75. The van der Waals surface area contributed by atoms with E-state index in [1.165, 1.54) is 6.92 Å². The number of nitrogen functional groups attached to an aromatic ring is 1. The van der Waals surface area contributed by atoms with Crippen LogP contribution in [0.25, 0.3) is 0 Å². The van der Waals surface area contributed by atoms with Gasteiger partial charge in [-0.2, -0.15) is 0 Å². The monoisotopic (exact) mass is 270 g/mol. The van der Waals surface area contributed by atoms with E-state index in [0.29, 0.717) is 17.7 Å². The highest BCUT2D eigenvalue weighted by molar-refractivity contribution is 5.96. The maximum Gasteiger partial charge on any atom is 0.159 e. The number of aliphatic hydroxyl groups excluding tert-OH is 1. The first-order valence-electron chi connectivity index (χ1n) is 6.47. The van der Waals surface area contributed by atoms with E-state index in [9.17, 15) is 4.79 Å². The van der Waals surface area contributed by atoms with Crippen molar-refractivity contribution in [3.05, 3.63) is 53.6 Å². The summed E-state index contributed by atoms with van der Waals surface area (Å²) in [7, 11) is 0. The molecule has 0 spiro atoms. The Morgan fingerprint density at radius 1 is 1.20 bits per heavy atom. The largest absolute Gasteiger partial charge is 0.397 e. The van der Waals surface area contributed by atoms with Crippen molar-refractivity contribution in [1.29, 1.82) is 0 Å². The fourth-order valence-electron chi connectivity index (χ4n) is 1.93. The molecular weight excluding hydrogens is 252 g/mol. The minimum atomic E-state index is -0.00314. The lowest BCUT2D eigenvalue weighted by Crippen LogP contribution is -2.00. The molecule has 0 bridgehead atoms. The van der Waals surface area contributed by atoms with E-state index in [-0.39, 0.29) is 12.4 Å². The fraction of sp³-hybridized carbons (Fsp3) is 0.188. The first-order chi connectivity index (χ1) is 9.60.